The van der Waals surface area contributed by atoms with E-state index in [1.165, 1.54) is 0 Å². The van der Waals surface area contributed by atoms with Crippen LogP contribution in [-0.4, -0.2) is 42.5 Å². The van der Waals surface area contributed by atoms with E-state index in [9.17, 15) is 13.2 Å². The van der Waals surface area contributed by atoms with Gasteiger partial charge in [0.15, 0.2) is 5.69 Å². The van der Waals surface area contributed by atoms with Gasteiger partial charge in [-0.2, -0.15) is 5.10 Å². The summed E-state index contributed by atoms with van der Waals surface area (Å²) in [5, 5.41) is 6.47. The summed E-state index contributed by atoms with van der Waals surface area (Å²) in [4.78, 5) is 13.9. The Balaban J connectivity index is 3.21. The molecule has 1 N–H and O–H groups in total. The third kappa shape index (κ3) is 4.20. The minimum absolute atomic E-state index is 0.119. The van der Waals surface area contributed by atoms with Crippen molar-refractivity contribution in [3.8, 4) is 0 Å². The summed E-state index contributed by atoms with van der Waals surface area (Å²) in [6.45, 7) is 8.74. The molecule has 0 radical (unpaired) electrons. The highest BCUT2D eigenvalue weighted by Gasteiger charge is 2.30. The topological polar surface area (TPSA) is 83.1 Å². The van der Waals surface area contributed by atoms with E-state index in [0.717, 1.165) is 6.42 Å². The van der Waals surface area contributed by atoms with Gasteiger partial charge in [-0.1, -0.05) is 27.2 Å². The second kappa shape index (κ2) is 7.26. The van der Waals surface area contributed by atoms with Crippen LogP contribution in [0.2, 0.25) is 0 Å². The van der Waals surface area contributed by atoms with Crippen molar-refractivity contribution >= 4 is 25.6 Å². The average molecular weight is 336 g/mol. The first-order valence-electron chi connectivity index (χ1n) is 7.07. The number of nitrogens with one attached hydrogen (secondary N) is 1. The largest absolute Gasteiger partial charge is 0.337 e. The van der Waals surface area contributed by atoms with Crippen molar-refractivity contribution in [2.45, 2.75) is 45.4 Å². The molecule has 0 bridgehead atoms. The van der Waals surface area contributed by atoms with Crippen molar-refractivity contribution in [1.82, 2.24) is 15.1 Å². The number of H-pyrrole nitrogens is 1. The van der Waals surface area contributed by atoms with Crippen LogP contribution in [0.5, 0.6) is 0 Å². The Kier molecular flexibility index (Phi) is 6.22. The van der Waals surface area contributed by atoms with E-state index in [-0.39, 0.29) is 10.6 Å². The van der Waals surface area contributed by atoms with Gasteiger partial charge >= 0.3 is 0 Å². The zero-order valence-corrected chi connectivity index (χ0v) is 14.4. The molecule has 0 aromatic carbocycles. The van der Waals surface area contributed by atoms with Gasteiger partial charge in [0, 0.05) is 23.8 Å². The highest BCUT2D eigenvalue weighted by atomic mass is 35.7. The number of nitrogens with zero attached hydrogens (tertiary/aromatic N) is 2. The summed E-state index contributed by atoms with van der Waals surface area (Å²) in [7, 11) is 1.43. The van der Waals surface area contributed by atoms with Gasteiger partial charge in [0.1, 0.15) is 4.90 Å². The number of carbonyl (C=O) groups is 1. The van der Waals surface area contributed by atoms with Crippen LogP contribution < -0.4 is 0 Å². The van der Waals surface area contributed by atoms with Crippen molar-refractivity contribution in [2.75, 3.05) is 13.1 Å². The van der Waals surface area contributed by atoms with Gasteiger partial charge in [0.2, 0.25) is 0 Å². The van der Waals surface area contributed by atoms with Crippen molar-refractivity contribution in [3.63, 3.8) is 0 Å². The Morgan fingerprint density at radius 1 is 1.38 bits per heavy atom. The van der Waals surface area contributed by atoms with Crippen LogP contribution >= 0.6 is 10.7 Å². The number of aryl methyl sites for hydroxylation is 1. The predicted octanol–water partition coefficient (Wildman–Crippen LogP) is 2.41. The van der Waals surface area contributed by atoms with Crippen LogP contribution in [0.4, 0.5) is 0 Å². The Hall–Kier alpha value is -1.08. The van der Waals surface area contributed by atoms with Gasteiger partial charge in [0.25, 0.3) is 15.0 Å². The number of halogens is 1. The lowest BCUT2D eigenvalue weighted by Gasteiger charge is -2.23. The summed E-state index contributed by atoms with van der Waals surface area (Å²) < 4.78 is 23.4. The molecule has 1 aromatic heterocycles. The van der Waals surface area contributed by atoms with E-state index in [1.807, 2.05) is 20.8 Å². The third-order valence-corrected chi connectivity index (χ3v) is 4.88. The lowest BCUT2D eigenvalue weighted by atomic mass is 10.1. The maximum atomic E-state index is 12.5. The number of hydrogen-bond donors (Lipinski definition) is 1. The molecule has 0 saturated carbocycles. The molecule has 8 heteroatoms. The summed E-state index contributed by atoms with van der Waals surface area (Å²) >= 11 is 0. The smallest absolute Gasteiger partial charge is 0.275 e. The van der Waals surface area contributed by atoms with Crippen molar-refractivity contribution in [2.24, 2.45) is 5.92 Å². The van der Waals surface area contributed by atoms with Crippen LogP contribution in [0, 0.1) is 5.92 Å². The molecule has 21 heavy (non-hydrogen) atoms. The molecule has 1 atom stereocenters. The van der Waals surface area contributed by atoms with E-state index < -0.39 is 15.0 Å². The van der Waals surface area contributed by atoms with Gasteiger partial charge < -0.3 is 4.90 Å². The molecule has 1 amide bonds. The number of aromatic nitrogens is 2. The van der Waals surface area contributed by atoms with Gasteiger partial charge in [-0.05, 0) is 19.3 Å². The molecule has 1 aromatic rings. The zero-order chi connectivity index (χ0) is 16.2. The molecule has 120 valence electrons. The fraction of sp³-hybridized carbons (Fsp3) is 0.692. The quantitative estimate of drug-likeness (QED) is 0.775. The van der Waals surface area contributed by atoms with Crippen molar-refractivity contribution in [3.05, 3.63) is 11.4 Å². The average Bonchev–Trinajstić information content (AvgIpc) is 2.87. The fourth-order valence-corrected chi connectivity index (χ4v) is 3.37. The van der Waals surface area contributed by atoms with E-state index >= 15 is 0 Å². The molecular weight excluding hydrogens is 314 g/mol. The standard InChI is InChI=1S/C13H22ClN3O3S/c1-5-9(4)8-17(7-3)13(18)11-12(21(14,19)20)10(6-2)15-16-11/h9H,5-8H2,1-4H3,(H,15,16). The number of hydrogen-bond acceptors (Lipinski definition) is 4. The minimum Gasteiger partial charge on any atom is -0.337 e. The van der Waals surface area contributed by atoms with E-state index in [0.29, 0.717) is 31.1 Å². The molecule has 0 aliphatic rings. The van der Waals surface area contributed by atoms with E-state index in [1.54, 1.807) is 11.8 Å². The van der Waals surface area contributed by atoms with Crippen LogP contribution in [0.15, 0.2) is 4.90 Å². The maximum absolute atomic E-state index is 12.5. The van der Waals surface area contributed by atoms with Gasteiger partial charge in [-0.25, -0.2) is 8.42 Å². The summed E-state index contributed by atoms with van der Waals surface area (Å²) in [5.74, 6) is -0.0810. The Labute approximate surface area is 130 Å². The summed E-state index contributed by atoms with van der Waals surface area (Å²) in [6, 6.07) is 0. The Bertz CT molecular complexity index is 598. The van der Waals surface area contributed by atoms with Crippen LogP contribution in [0.3, 0.4) is 0 Å². The molecule has 0 saturated heterocycles. The SMILES string of the molecule is CCc1[nH]nc(C(=O)N(CC)CC(C)CC)c1S(=O)(=O)Cl. The molecule has 1 rings (SSSR count). The van der Waals surface area contributed by atoms with Crippen LogP contribution in [0.1, 0.15) is 50.3 Å². The molecular formula is C13H22ClN3O3S. The number of amides is 1. The van der Waals surface area contributed by atoms with E-state index in [2.05, 4.69) is 10.2 Å². The monoisotopic (exact) mass is 335 g/mol. The van der Waals surface area contributed by atoms with Crippen LogP contribution in [0.25, 0.3) is 0 Å². The lowest BCUT2D eigenvalue weighted by molar-refractivity contribution is 0.0731. The highest BCUT2D eigenvalue weighted by Crippen LogP contribution is 2.24. The summed E-state index contributed by atoms with van der Waals surface area (Å²) in [6.07, 6.45) is 1.34. The molecule has 6 nitrogen and oxygen atoms in total. The van der Waals surface area contributed by atoms with Crippen molar-refractivity contribution in [1.29, 1.82) is 0 Å². The number of aromatic amines is 1. The molecule has 0 fully saturated rings. The second-order valence-corrected chi connectivity index (χ2v) is 7.53. The Morgan fingerprint density at radius 3 is 2.43 bits per heavy atom. The number of carbonyl (C=O) groups excluding carboxylic acids is 1. The second-order valence-electron chi connectivity index (χ2n) is 5.03. The first kappa shape index (κ1) is 18.0. The fourth-order valence-electron chi connectivity index (χ4n) is 2.03. The first-order valence-corrected chi connectivity index (χ1v) is 9.38. The molecule has 0 aliphatic carbocycles. The molecule has 0 aliphatic heterocycles. The van der Waals surface area contributed by atoms with Gasteiger partial charge in [0.05, 0.1) is 5.69 Å². The maximum Gasteiger partial charge on any atom is 0.275 e. The normalized spacial score (nSPS) is 13.2. The zero-order valence-electron chi connectivity index (χ0n) is 12.8. The lowest BCUT2D eigenvalue weighted by Crippen LogP contribution is -2.35. The predicted molar refractivity (Wildman–Crippen MR) is 82.0 cm³/mol. The van der Waals surface area contributed by atoms with Crippen molar-refractivity contribution < 1.29 is 13.2 Å². The van der Waals surface area contributed by atoms with Gasteiger partial charge in [-0.3, -0.25) is 9.89 Å². The van der Waals surface area contributed by atoms with Gasteiger partial charge in [-0.15, -0.1) is 0 Å². The van der Waals surface area contributed by atoms with Crippen LogP contribution in [-0.2, 0) is 15.5 Å². The summed E-state index contributed by atoms with van der Waals surface area (Å²) in [5.41, 5.74) is 0.236. The number of rotatable bonds is 7. The minimum atomic E-state index is -4.02. The first-order chi connectivity index (χ1) is 9.76. The third-order valence-electron chi connectivity index (χ3n) is 3.49. The van der Waals surface area contributed by atoms with E-state index in [4.69, 9.17) is 10.7 Å². The Morgan fingerprint density at radius 2 is 2.00 bits per heavy atom. The molecule has 1 unspecified atom stereocenters. The molecule has 0 spiro atoms. The highest BCUT2D eigenvalue weighted by molar-refractivity contribution is 8.13. The molecule has 1 heterocycles.